The third kappa shape index (κ3) is 3.68. The molecule has 0 spiro atoms. The summed E-state index contributed by atoms with van der Waals surface area (Å²) < 4.78 is 27.3. The van der Waals surface area contributed by atoms with Crippen molar-refractivity contribution >= 4 is 27.3 Å². The van der Waals surface area contributed by atoms with Crippen LogP contribution < -0.4 is 0 Å². The molecule has 1 aromatic rings. The highest BCUT2D eigenvalue weighted by molar-refractivity contribution is 7.91. The molecule has 0 unspecified atom stereocenters. The molecule has 134 valence electrons. The number of amides is 1. The molecule has 1 aliphatic carbocycles. The first-order chi connectivity index (χ1) is 11.5. The number of sulfonamides is 1. The molecule has 1 amide bonds. The van der Waals surface area contributed by atoms with Crippen LogP contribution >= 0.6 is 11.3 Å². The highest BCUT2D eigenvalue weighted by atomic mass is 32.2. The largest absolute Gasteiger partial charge is 0.342 e. The number of thiophene rings is 1. The minimum Gasteiger partial charge on any atom is -0.342 e. The van der Waals surface area contributed by atoms with Crippen LogP contribution in [0.1, 0.15) is 44.9 Å². The quantitative estimate of drug-likeness (QED) is 0.819. The van der Waals surface area contributed by atoms with Crippen LogP contribution in [0.4, 0.5) is 0 Å². The summed E-state index contributed by atoms with van der Waals surface area (Å²) in [5, 5.41) is 1.77. The molecule has 1 aromatic heterocycles. The zero-order valence-electron chi connectivity index (χ0n) is 14.2. The molecular formula is C17H26N2O3S2. The maximum atomic E-state index is 12.9. The Hall–Kier alpha value is -0.920. The summed E-state index contributed by atoms with van der Waals surface area (Å²) in [6.07, 6.45) is 7.32. The van der Waals surface area contributed by atoms with E-state index in [1.54, 1.807) is 17.5 Å². The van der Waals surface area contributed by atoms with Gasteiger partial charge in [-0.2, -0.15) is 4.31 Å². The second kappa shape index (κ2) is 7.54. The highest BCUT2D eigenvalue weighted by Gasteiger charge is 2.36. The predicted molar refractivity (Wildman–Crippen MR) is 95.4 cm³/mol. The van der Waals surface area contributed by atoms with Gasteiger partial charge in [0.15, 0.2) is 0 Å². The monoisotopic (exact) mass is 370 g/mol. The molecule has 24 heavy (non-hydrogen) atoms. The van der Waals surface area contributed by atoms with Gasteiger partial charge in [0.2, 0.25) is 5.91 Å². The van der Waals surface area contributed by atoms with Gasteiger partial charge in [-0.25, -0.2) is 8.42 Å². The van der Waals surface area contributed by atoms with E-state index in [1.807, 2.05) is 11.9 Å². The standard InChI is InChI=1S/C17H26N2O3S2/c1-18(15-8-3-2-4-9-15)17(20)14-7-5-11-19(13-14)24(21,22)16-10-6-12-23-16/h6,10,12,14-15H,2-5,7-9,11,13H2,1H3/t14-/m1/s1. The Morgan fingerprint density at radius 1 is 1.21 bits per heavy atom. The van der Waals surface area contributed by atoms with Crippen LogP contribution in [0.5, 0.6) is 0 Å². The van der Waals surface area contributed by atoms with Gasteiger partial charge in [0.05, 0.1) is 5.92 Å². The molecular weight excluding hydrogens is 344 g/mol. The molecule has 0 radical (unpaired) electrons. The Kier molecular flexibility index (Phi) is 5.62. The fourth-order valence-corrected chi connectivity index (χ4v) is 6.50. The van der Waals surface area contributed by atoms with E-state index < -0.39 is 10.0 Å². The molecule has 2 heterocycles. The van der Waals surface area contributed by atoms with Crippen LogP contribution in [0.3, 0.4) is 0 Å². The van der Waals surface area contributed by atoms with Gasteiger partial charge in [0.25, 0.3) is 10.0 Å². The van der Waals surface area contributed by atoms with Gasteiger partial charge in [-0.15, -0.1) is 11.3 Å². The fraction of sp³-hybridized carbons (Fsp3) is 0.706. The van der Waals surface area contributed by atoms with Gasteiger partial charge in [-0.3, -0.25) is 4.79 Å². The molecule has 1 atom stereocenters. The minimum absolute atomic E-state index is 0.118. The number of carbonyl (C=O) groups excluding carboxylic acids is 1. The van der Waals surface area contributed by atoms with Gasteiger partial charge in [0.1, 0.15) is 4.21 Å². The first-order valence-corrected chi connectivity index (χ1v) is 11.1. The average molecular weight is 371 g/mol. The SMILES string of the molecule is CN(C(=O)[C@@H]1CCCN(S(=O)(=O)c2cccs2)C1)C1CCCCC1. The third-order valence-electron chi connectivity index (χ3n) is 5.29. The van der Waals surface area contributed by atoms with Gasteiger partial charge in [-0.05, 0) is 37.1 Å². The molecule has 7 heteroatoms. The molecule has 3 rings (SSSR count). The number of rotatable bonds is 4. The summed E-state index contributed by atoms with van der Waals surface area (Å²) in [4.78, 5) is 14.8. The van der Waals surface area contributed by atoms with Crippen LogP contribution in [0.15, 0.2) is 21.7 Å². The van der Waals surface area contributed by atoms with Crippen molar-refractivity contribution in [2.24, 2.45) is 5.92 Å². The zero-order chi connectivity index (χ0) is 17.2. The first kappa shape index (κ1) is 17.9. The van der Waals surface area contributed by atoms with Crippen LogP contribution in [-0.4, -0.2) is 49.7 Å². The second-order valence-corrected chi connectivity index (χ2v) is 9.99. The Balaban J connectivity index is 1.68. The molecule has 2 aliphatic rings. The van der Waals surface area contributed by atoms with E-state index in [9.17, 15) is 13.2 Å². The summed E-state index contributed by atoms with van der Waals surface area (Å²) in [6, 6.07) is 3.72. The molecule has 5 nitrogen and oxygen atoms in total. The number of hydrogen-bond donors (Lipinski definition) is 0. The Labute approximate surface area is 148 Å². The lowest BCUT2D eigenvalue weighted by Gasteiger charge is -2.37. The average Bonchev–Trinajstić information content (AvgIpc) is 3.17. The second-order valence-electron chi connectivity index (χ2n) is 6.88. The van der Waals surface area contributed by atoms with E-state index in [-0.39, 0.29) is 11.8 Å². The van der Waals surface area contributed by atoms with Crippen molar-refractivity contribution in [2.45, 2.75) is 55.2 Å². The fourth-order valence-electron chi connectivity index (χ4n) is 3.84. The highest BCUT2D eigenvalue weighted by Crippen LogP contribution is 2.29. The van der Waals surface area contributed by atoms with Crippen molar-refractivity contribution in [3.8, 4) is 0 Å². The van der Waals surface area contributed by atoms with E-state index >= 15 is 0 Å². The number of nitrogens with zero attached hydrogens (tertiary/aromatic N) is 2. The number of piperidine rings is 1. The Morgan fingerprint density at radius 3 is 2.62 bits per heavy atom. The lowest BCUT2D eigenvalue weighted by molar-refractivity contribution is -0.138. The molecule has 1 aliphatic heterocycles. The van der Waals surface area contributed by atoms with Crippen molar-refractivity contribution < 1.29 is 13.2 Å². The van der Waals surface area contributed by atoms with E-state index in [0.717, 1.165) is 25.7 Å². The van der Waals surface area contributed by atoms with Crippen LogP contribution in [0, 0.1) is 5.92 Å². The summed E-state index contributed by atoms with van der Waals surface area (Å²) in [5.74, 6) is -0.0895. The summed E-state index contributed by atoms with van der Waals surface area (Å²) in [7, 11) is -1.56. The van der Waals surface area contributed by atoms with E-state index in [0.29, 0.717) is 23.3 Å². The molecule has 0 bridgehead atoms. The molecule has 0 N–H and O–H groups in total. The topological polar surface area (TPSA) is 57.7 Å². The van der Waals surface area contributed by atoms with Crippen molar-refractivity contribution in [1.29, 1.82) is 0 Å². The normalized spacial score (nSPS) is 24.0. The molecule has 1 saturated carbocycles. The van der Waals surface area contributed by atoms with Gasteiger partial charge >= 0.3 is 0 Å². The van der Waals surface area contributed by atoms with Crippen LogP contribution in [0.2, 0.25) is 0 Å². The zero-order valence-corrected chi connectivity index (χ0v) is 15.8. The van der Waals surface area contributed by atoms with Gasteiger partial charge < -0.3 is 4.90 Å². The maximum Gasteiger partial charge on any atom is 0.252 e. The predicted octanol–water partition coefficient (Wildman–Crippen LogP) is 2.94. The van der Waals surface area contributed by atoms with E-state index in [1.165, 1.54) is 34.9 Å². The van der Waals surface area contributed by atoms with Crippen molar-refractivity contribution in [1.82, 2.24) is 9.21 Å². The van der Waals surface area contributed by atoms with Crippen LogP contribution in [-0.2, 0) is 14.8 Å². The van der Waals surface area contributed by atoms with Gasteiger partial charge in [0, 0.05) is 26.2 Å². The summed E-state index contributed by atoms with van der Waals surface area (Å²) in [5.41, 5.74) is 0. The van der Waals surface area contributed by atoms with E-state index in [2.05, 4.69) is 0 Å². The smallest absolute Gasteiger partial charge is 0.252 e. The van der Waals surface area contributed by atoms with Crippen molar-refractivity contribution in [3.05, 3.63) is 17.5 Å². The minimum atomic E-state index is -3.45. The molecule has 2 fully saturated rings. The first-order valence-electron chi connectivity index (χ1n) is 8.80. The molecule has 0 aromatic carbocycles. The van der Waals surface area contributed by atoms with Crippen molar-refractivity contribution in [3.63, 3.8) is 0 Å². The lowest BCUT2D eigenvalue weighted by Crippen LogP contribution is -2.48. The lowest BCUT2D eigenvalue weighted by atomic mass is 9.92. The summed E-state index contributed by atoms with van der Waals surface area (Å²) >= 11 is 1.24. The number of hydrogen-bond acceptors (Lipinski definition) is 4. The Bertz CT molecular complexity index is 651. The van der Waals surface area contributed by atoms with E-state index in [4.69, 9.17) is 0 Å². The number of carbonyl (C=O) groups is 1. The summed E-state index contributed by atoms with van der Waals surface area (Å²) in [6.45, 7) is 0.827. The van der Waals surface area contributed by atoms with Crippen LogP contribution in [0.25, 0.3) is 0 Å². The van der Waals surface area contributed by atoms with Gasteiger partial charge in [-0.1, -0.05) is 25.3 Å². The van der Waals surface area contributed by atoms with Crippen molar-refractivity contribution in [2.75, 3.05) is 20.1 Å². The maximum absolute atomic E-state index is 12.9. The molecule has 1 saturated heterocycles. The Morgan fingerprint density at radius 2 is 1.96 bits per heavy atom. The third-order valence-corrected chi connectivity index (χ3v) is 8.53.